The number of fused-ring (bicyclic) bond motifs is 5. The van der Waals surface area contributed by atoms with Gasteiger partial charge in [0, 0.05) is 118 Å². The van der Waals surface area contributed by atoms with Gasteiger partial charge in [-0.25, -0.2) is 24.9 Å². The number of hydrogen-bond donors (Lipinski definition) is 5. The third-order valence-corrected chi connectivity index (χ3v) is 31.5. The number of benzene rings is 10. The highest BCUT2D eigenvalue weighted by atomic mass is 32.2. The molecule has 5 N–H and O–H groups in total. The number of carbonyl (C=O) groups excluding carboxylic acids is 5. The van der Waals surface area contributed by atoms with Crippen molar-refractivity contribution in [3.05, 3.63) is 270 Å². The molecule has 0 atom stereocenters. The molecule has 752 valence electrons. The normalized spacial score (nSPS) is 12.3. The molecule has 5 aromatic heterocycles. The number of aryl methyl sites for hydroxylation is 7. The number of thioether (sulfide) groups is 5. The number of imidazole rings is 5. The van der Waals surface area contributed by atoms with Crippen molar-refractivity contribution in [1.82, 2.24) is 47.8 Å². The maximum atomic E-state index is 12.6. The molecule has 30 heteroatoms. The predicted octanol–water partition coefficient (Wildman–Crippen LogP) is 26.1. The number of carboxylic acid groups (broad SMARTS) is 5. The number of hydrogen-bond acceptors (Lipinski definition) is 20. The van der Waals surface area contributed by atoms with E-state index >= 15 is 0 Å². The van der Waals surface area contributed by atoms with Crippen LogP contribution in [-0.2, 0) is 54.4 Å². The van der Waals surface area contributed by atoms with Gasteiger partial charge in [0.05, 0.1) is 84.3 Å². The van der Waals surface area contributed by atoms with Gasteiger partial charge in [0.2, 0.25) is 0 Å². The van der Waals surface area contributed by atoms with E-state index in [-0.39, 0.29) is 93.1 Å². The first-order chi connectivity index (χ1) is 68.1. The Hall–Kier alpha value is -13.0. The van der Waals surface area contributed by atoms with Crippen LogP contribution >= 0.6 is 58.8 Å². The second-order valence-electron chi connectivity index (χ2n) is 38.7. The smallest absolute Gasteiger partial charge is 0.303 e. The Balaban J connectivity index is 0.000000161. The van der Waals surface area contributed by atoms with E-state index in [9.17, 15) is 47.9 Å². The molecule has 5 heterocycles. The lowest BCUT2D eigenvalue weighted by Crippen LogP contribution is -2.28. The zero-order valence-corrected chi connectivity index (χ0v) is 89.0. The van der Waals surface area contributed by atoms with E-state index < -0.39 is 53.6 Å². The summed E-state index contributed by atoms with van der Waals surface area (Å²) in [5.41, 5.74) is 15.3. The number of Topliss-reactive ketones (excluding diaryl/α,β-unsaturated/α-hetero) is 5. The molecule has 0 aliphatic heterocycles. The zero-order chi connectivity index (χ0) is 105. The van der Waals surface area contributed by atoms with Gasteiger partial charge in [-0.15, -0.1) is 0 Å². The summed E-state index contributed by atoms with van der Waals surface area (Å²) in [6, 6.07) is 64.8. The van der Waals surface area contributed by atoms with Gasteiger partial charge in [-0.05, 0) is 221 Å². The molecule has 1 aliphatic carbocycles. The van der Waals surface area contributed by atoms with Crippen LogP contribution in [0.15, 0.2) is 245 Å². The average Bonchev–Trinajstić information content (AvgIpc) is 1.55. The van der Waals surface area contributed by atoms with Crippen molar-refractivity contribution >= 4 is 171 Å². The predicted molar refractivity (Wildman–Crippen MR) is 578 cm³/mol. The monoisotopic (exact) mass is 2030 g/mol. The second-order valence-corrected chi connectivity index (χ2v) is 46.6. The van der Waals surface area contributed by atoms with Crippen molar-refractivity contribution in [2.24, 2.45) is 0 Å². The minimum absolute atomic E-state index is 0.0149. The van der Waals surface area contributed by atoms with E-state index in [2.05, 4.69) is 209 Å². The first-order valence-electron chi connectivity index (χ1n) is 48.1. The Kier molecular flexibility index (Phi) is 36.0. The van der Waals surface area contributed by atoms with Crippen LogP contribution in [0, 0.1) is 41.5 Å². The molecule has 0 saturated heterocycles. The van der Waals surface area contributed by atoms with Gasteiger partial charge >= 0.3 is 29.8 Å². The minimum atomic E-state index is -0.961. The molecule has 1 saturated carbocycles. The van der Waals surface area contributed by atoms with Crippen molar-refractivity contribution in [3.8, 4) is 28.4 Å². The van der Waals surface area contributed by atoms with E-state index in [4.69, 9.17) is 25.5 Å². The van der Waals surface area contributed by atoms with E-state index in [0.717, 1.165) is 116 Å². The Morgan fingerprint density at radius 2 is 0.556 bits per heavy atom. The number of rotatable bonds is 38. The lowest BCUT2D eigenvalue weighted by molar-refractivity contribution is -0.139. The summed E-state index contributed by atoms with van der Waals surface area (Å²) >= 11 is 6.88. The lowest BCUT2D eigenvalue weighted by atomic mass is 9.95. The van der Waals surface area contributed by atoms with Crippen molar-refractivity contribution in [2.75, 3.05) is 0 Å². The SMILES string of the molecule is CCc1ccc(-n2c(C)cnc2SC(C)(C)C(=O)CCC(=O)O)c2ccccc12.Cc1ccc(-n2c(C)cnc2SC(C)(C)C(=O)CCC(=O)O)c2ccccc12.Cc1cnc(SC(C)(C)C(=O)CCC(=O)O)n1-c1ccc(C(C)C)c2ccccc12.Cc1cnc(SC(C)(C)C(=O)CCC(=O)O)n1-c1ccc(C2CC2)c2ccccc12.Cc1cnc(SC(C)(C)C(=O)CCC(=O)O)n1-c1cccc2ccccc12. The summed E-state index contributed by atoms with van der Waals surface area (Å²) in [4.78, 5) is 140. The van der Waals surface area contributed by atoms with Gasteiger partial charge in [0.1, 0.15) is 28.9 Å². The number of nitrogens with zero attached hydrogens (tertiary/aromatic N) is 10. The fraction of sp³-hybridized carbons (Fsp3) is 0.342. The van der Waals surface area contributed by atoms with Gasteiger partial charge < -0.3 is 25.5 Å². The van der Waals surface area contributed by atoms with Crippen molar-refractivity contribution in [3.63, 3.8) is 0 Å². The number of carboxylic acids is 5. The van der Waals surface area contributed by atoms with Gasteiger partial charge in [0.15, 0.2) is 25.8 Å². The average molecular weight is 2040 g/mol. The molecule has 0 spiro atoms. The van der Waals surface area contributed by atoms with E-state index in [1.165, 1.54) is 121 Å². The largest absolute Gasteiger partial charge is 0.481 e. The number of aromatic nitrogens is 10. The van der Waals surface area contributed by atoms with Crippen LogP contribution in [0.1, 0.15) is 230 Å². The summed E-state index contributed by atoms with van der Waals surface area (Å²) in [5.74, 6) is -4.20. The molecule has 144 heavy (non-hydrogen) atoms. The highest BCUT2D eigenvalue weighted by molar-refractivity contribution is 8.02. The molecular formula is C114H126N10O15S5. The fourth-order valence-corrected chi connectivity index (χ4v) is 22.6. The third kappa shape index (κ3) is 26.6. The Morgan fingerprint density at radius 3 is 0.882 bits per heavy atom. The lowest BCUT2D eigenvalue weighted by Gasteiger charge is -2.23. The van der Waals surface area contributed by atoms with Crippen molar-refractivity contribution < 1.29 is 73.5 Å². The highest BCUT2D eigenvalue weighted by Gasteiger charge is 2.38. The van der Waals surface area contributed by atoms with E-state index in [1.54, 1.807) is 12.4 Å². The third-order valence-electron chi connectivity index (χ3n) is 25.4. The molecular weight excluding hydrogens is 1910 g/mol. The quantitative estimate of drug-likeness (QED) is 0.0224. The van der Waals surface area contributed by atoms with Crippen LogP contribution in [0.2, 0.25) is 0 Å². The van der Waals surface area contributed by atoms with Gasteiger partial charge in [-0.1, -0.05) is 237 Å². The Labute approximate surface area is 861 Å². The highest BCUT2D eigenvalue weighted by Crippen LogP contribution is 2.48. The number of carbonyl (C=O) groups is 10. The van der Waals surface area contributed by atoms with Gasteiger partial charge in [-0.2, -0.15) is 0 Å². The molecule has 15 aromatic rings. The van der Waals surface area contributed by atoms with Crippen LogP contribution in [0.25, 0.3) is 82.3 Å². The summed E-state index contributed by atoms with van der Waals surface area (Å²) < 4.78 is 6.54. The number of aliphatic carboxylic acids is 5. The number of ketones is 5. The molecule has 0 unspecified atom stereocenters. The summed E-state index contributed by atoms with van der Waals surface area (Å²) in [7, 11) is 0. The minimum Gasteiger partial charge on any atom is -0.481 e. The van der Waals surface area contributed by atoms with Gasteiger partial charge in [-0.3, -0.25) is 70.8 Å². The Bertz CT molecular complexity index is 7180. The fourth-order valence-electron chi connectivity index (χ4n) is 17.1. The first kappa shape index (κ1) is 110. The molecule has 0 bridgehead atoms. The molecule has 1 aliphatic rings. The van der Waals surface area contributed by atoms with Crippen LogP contribution < -0.4 is 0 Å². The maximum absolute atomic E-state index is 12.6. The first-order valence-corrected chi connectivity index (χ1v) is 52.2. The molecule has 16 rings (SSSR count). The molecule has 0 amide bonds. The van der Waals surface area contributed by atoms with Crippen LogP contribution in [0.4, 0.5) is 0 Å². The van der Waals surface area contributed by atoms with Crippen LogP contribution in [-0.4, -0.2) is 156 Å². The van der Waals surface area contributed by atoms with Gasteiger partial charge in [0.25, 0.3) is 0 Å². The summed E-state index contributed by atoms with van der Waals surface area (Å²) in [5, 5.41) is 59.7. The Morgan fingerprint density at radius 1 is 0.299 bits per heavy atom. The zero-order valence-electron chi connectivity index (χ0n) is 85.0. The van der Waals surface area contributed by atoms with E-state index in [1.807, 2.05) is 177 Å². The summed E-state index contributed by atoms with van der Waals surface area (Å²) in [6.45, 7) is 36.9. The maximum Gasteiger partial charge on any atom is 0.303 e. The molecule has 25 nitrogen and oxygen atoms in total. The van der Waals surface area contributed by atoms with E-state index in [0.29, 0.717) is 11.8 Å². The molecule has 0 radical (unpaired) electrons. The molecule has 10 aromatic carbocycles. The van der Waals surface area contributed by atoms with Crippen LogP contribution in [0.5, 0.6) is 0 Å². The van der Waals surface area contributed by atoms with Crippen LogP contribution in [0.3, 0.4) is 0 Å². The molecule has 1 fully saturated rings. The topological polar surface area (TPSA) is 361 Å². The summed E-state index contributed by atoms with van der Waals surface area (Å²) in [6.07, 6.45) is 11.8. The second kappa shape index (κ2) is 47.2. The standard InChI is InChI=1S/C24H26N2O3S.C24H28N2O3S.C23H26N2O3S.C22H24N2O3S.C21H22N2O3S/c1-15-14-25-23(30-24(2,3)21(27)12-13-22(28)29)26(15)20-11-10-17(16-8-9-16)18-6-4-5-7-19(18)20;1-15(2)17-10-11-20(19-9-7-6-8-18(17)19)26-16(3)14-25-23(26)30-24(4,5)21(27)12-13-22(28)29;1-5-16-10-11-19(18-9-7-6-8-17(16)18)25-15(2)14-24-22(25)29-23(3,4)20(26)12-13-21(27)28;1-14-9-10-18(17-8-6-5-7-16(14)17)24-15(2)13-23-21(24)28-22(3,4)19(25)11-12-20(26)27;1-14-13-22-20(27-21(2,3)18(24)11-12-19(25)26)23(14)17-10-6-8-15-7-4-5-9-16(15)17/h4-7,10-11,14,16H,8-9,12-13H2,1-3H3,(H,28,29);6-11,14-15H,12-13H2,1-5H3,(H,28,29);6-11,14H,5,12-13H2,1-4H3,(H,27,28);5-10,13H,11-12H2,1-4H3,(H,26,27);4-10,13H,11-12H2,1-3H3,(H,25,26). The van der Waals surface area contributed by atoms with Crippen molar-refractivity contribution in [2.45, 2.75) is 276 Å². The van der Waals surface area contributed by atoms with Crippen molar-refractivity contribution in [1.29, 1.82) is 0 Å².